The molecular weight excluding hydrogens is 291 g/mol. The van der Waals surface area contributed by atoms with E-state index in [9.17, 15) is 5.53 Å². The van der Waals surface area contributed by atoms with Gasteiger partial charge in [-0.15, -0.1) is 0 Å². The van der Waals surface area contributed by atoms with Crippen LogP contribution in [0.1, 0.15) is 76.2 Å². The molecule has 0 aromatic rings. The van der Waals surface area contributed by atoms with Crippen molar-refractivity contribution in [3.05, 3.63) is 5.53 Å². The standard InChI is InChI=1S/C17H37N4P/c1-12(2)20(13(3)4)22(16(19-18)17(9,10)11)21(14(5)6)15(7)8/h12-15H,1-11H3. The minimum atomic E-state index is -0.830. The second-order valence-corrected chi connectivity index (χ2v) is 10.0. The molecule has 0 spiro atoms. The normalized spacial score (nSPS) is 13.4. The van der Waals surface area contributed by atoms with Gasteiger partial charge in [-0.3, -0.25) is 9.34 Å². The van der Waals surface area contributed by atoms with Crippen molar-refractivity contribution in [3.63, 3.8) is 0 Å². The van der Waals surface area contributed by atoms with E-state index in [1.54, 1.807) is 0 Å². The van der Waals surface area contributed by atoms with Gasteiger partial charge >= 0.3 is 5.45 Å². The van der Waals surface area contributed by atoms with Crippen LogP contribution in [0.2, 0.25) is 0 Å². The Balaban J connectivity index is 6.24. The predicted molar refractivity (Wildman–Crippen MR) is 99.2 cm³/mol. The maximum absolute atomic E-state index is 9.81. The molecule has 0 heterocycles. The zero-order valence-electron chi connectivity index (χ0n) is 16.5. The summed E-state index contributed by atoms with van der Waals surface area (Å²) in [4.78, 5) is 3.79. The molecule has 0 saturated heterocycles. The van der Waals surface area contributed by atoms with E-state index in [0.717, 1.165) is 5.45 Å². The van der Waals surface area contributed by atoms with Gasteiger partial charge in [-0.25, -0.2) is 0 Å². The van der Waals surface area contributed by atoms with Gasteiger partial charge in [0.1, 0.15) is 0 Å². The molecule has 0 aliphatic rings. The van der Waals surface area contributed by atoms with Crippen LogP contribution >= 0.6 is 8.22 Å². The van der Waals surface area contributed by atoms with Crippen molar-refractivity contribution in [3.8, 4) is 0 Å². The monoisotopic (exact) mass is 328 g/mol. The number of hydrogen-bond acceptors (Lipinski definition) is 2. The van der Waals surface area contributed by atoms with Gasteiger partial charge in [-0.1, -0.05) is 0 Å². The van der Waals surface area contributed by atoms with Crippen molar-refractivity contribution in [1.82, 2.24) is 9.34 Å². The summed E-state index contributed by atoms with van der Waals surface area (Å²) in [7, 11) is -0.830. The average Bonchev–Trinajstić information content (AvgIpc) is 2.25. The molecule has 0 unspecified atom stereocenters. The highest BCUT2D eigenvalue weighted by Gasteiger charge is 2.46. The van der Waals surface area contributed by atoms with Crippen molar-refractivity contribution >= 4 is 13.7 Å². The topological polar surface area (TPSA) is 42.9 Å². The molecule has 0 saturated carbocycles. The first-order chi connectivity index (χ1) is 9.86. The Hall–Kier alpha value is -0.270. The van der Waals surface area contributed by atoms with Crippen molar-refractivity contribution in [1.29, 1.82) is 0 Å². The summed E-state index contributed by atoms with van der Waals surface area (Å²) >= 11 is 0. The number of hydrogen-bond donors (Lipinski definition) is 0. The van der Waals surface area contributed by atoms with Crippen LogP contribution < -0.4 is 0 Å². The Morgan fingerprint density at radius 3 is 1.18 bits per heavy atom. The van der Waals surface area contributed by atoms with Crippen molar-refractivity contribution in [2.45, 2.75) is 100 Å². The lowest BCUT2D eigenvalue weighted by Crippen LogP contribution is -2.46. The van der Waals surface area contributed by atoms with Gasteiger partial charge in [0.2, 0.25) is 0 Å². The molecule has 5 heteroatoms. The lowest BCUT2D eigenvalue weighted by atomic mass is 9.99. The van der Waals surface area contributed by atoms with Crippen LogP contribution in [0.15, 0.2) is 0 Å². The second kappa shape index (κ2) is 8.55. The first kappa shape index (κ1) is 21.7. The third kappa shape index (κ3) is 5.42. The number of nitrogens with zero attached hydrogens (tertiary/aromatic N) is 4. The summed E-state index contributed by atoms with van der Waals surface area (Å²) in [6.07, 6.45) is 0. The lowest BCUT2D eigenvalue weighted by molar-refractivity contribution is -0.0128. The molecule has 0 N–H and O–H groups in total. The van der Waals surface area contributed by atoms with E-state index >= 15 is 0 Å². The maximum Gasteiger partial charge on any atom is 0.323 e. The van der Waals surface area contributed by atoms with Crippen molar-refractivity contribution in [2.75, 3.05) is 0 Å². The van der Waals surface area contributed by atoms with Crippen LogP contribution in [0.25, 0.3) is 5.53 Å². The molecule has 0 aromatic heterocycles. The molecule has 0 atom stereocenters. The molecule has 0 aliphatic carbocycles. The highest BCUT2D eigenvalue weighted by Crippen LogP contribution is 2.54. The second-order valence-electron chi connectivity index (χ2n) is 8.10. The van der Waals surface area contributed by atoms with Crippen molar-refractivity contribution < 1.29 is 4.79 Å². The van der Waals surface area contributed by atoms with Gasteiger partial charge in [0.05, 0.1) is 5.41 Å². The van der Waals surface area contributed by atoms with Crippen molar-refractivity contribution in [2.24, 2.45) is 5.41 Å². The van der Waals surface area contributed by atoms with Gasteiger partial charge in [0.15, 0.2) is 8.22 Å². The largest absolute Gasteiger partial charge is 0.361 e. The highest BCUT2D eigenvalue weighted by molar-refractivity contribution is 7.70. The molecule has 0 fully saturated rings. The molecule has 0 bridgehead atoms. The molecule has 0 amide bonds. The Morgan fingerprint density at radius 1 is 0.773 bits per heavy atom. The van der Waals surface area contributed by atoms with Crippen LogP contribution in [0.5, 0.6) is 0 Å². The van der Waals surface area contributed by atoms with E-state index in [1.807, 2.05) is 0 Å². The van der Waals surface area contributed by atoms with E-state index in [2.05, 4.69) is 90.3 Å². The molecule has 4 nitrogen and oxygen atoms in total. The molecule has 0 rings (SSSR count). The minimum absolute atomic E-state index is 0.162. The summed E-state index contributed by atoms with van der Waals surface area (Å²) in [6.45, 7) is 24.2. The van der Waals surface area contributed by atoms with Gasteiger partial charge < -0.3 is 5.53 Å². The quantitative estimate of drug-likeness (QED) is 0.279. The van der Waals surface area contributed by atoms with Gasteiger partial charge in [0.25, 0.3) is 0 Å². The van der Waals surface area contributed by atoms with Crippen LogP contribution in [0.3, 0.4) is 0 Å². The third-order valence-electron chi connectivity index (χ3n) is 3.51. The van der Waals surface area contributed by atoms with E-state index in [1.165, 1.54) is 0 Å². The minimum Gasteiger partial charge on any atom is -0.361 e. The summed E-state index contributed by atoms with van der Waals surface area (Å²) in [5.41, 5.74) is 10.5. The molecule has 0 aromatic carbocycles. The summed E-state index contributed by atoms with van der Waals surface area (Å²) in [6, 6.07) is 1.57. The highest BCUT2D eigenvalue weighted by atomic mass is 31.1. The van der Waals surface area contributed by atoms with E-state index in [4.69, 9.17) is 0 Å². The molecule has 130 valence electrons. The molecule has 22 heavy (non-hydrogen) atoms. The SMILES string of the molecule is CC(C)N(C(C)C)P(C(=[N+]=[N-])C(C)(C)C)N(C(C)C)C(C)C. The summed E-state index contributed by atoms with van der Waals surface area (Å²) < 4.78 is 5.02. The van der Waals surface area contributed by atoms with Gasteiger partial charge in [0, 0.05) is 24.2 Å². The Bertz CT molecular complexity index is 354. The Morgan fingerprint density at radius 2 is 1.05 bits per heavy atom. The van der Waals surface area contributed by atoms with Crippen LogP contribution in [-0.4, -0.2) is 43.8 Å². The van der Waals surface area contributed by atoms with E-state index < -0.39 is 8.22 Å². The Kier molecular flexibility index (Phi) is 8.44. The number of rotatable bonds is 7. The van der Waals surface area contributed by atoms with E-state index in [-0.39, 0.29) is 5.41 Å². The predicted octanol–water partition coefficient (Wildman–Crippen LogP) is 5.21. The smallest absolute Gasteiger partial charge is 0.323 e. The Labute approximate surface area is 139 Å². The fourth-order valence-electron chi connectivity index (χ4n) is 2.90. The zero-order chi connectivity index (χ0) is 17.8. The molecule has 0 aliphatic heterocycles. The third-order valence-corrected chi connectivity index (χ3v) is 7.37. The maximum atomic E-state index is 9.81. The van der Waals surface area contributed by atoms with Crippen LogP contribution in [0, 0.1) is 5.41 Å². The van der Waals surface area contributed by atoms with E-state index in [0.29, 0.717) is 24.2 Å². The molecule has 0 radical (unpaired) electrons. The zero-order valence-corrected chi connectivity index (χ0v) is 17.4. The lowest BCUT2D eigenvalue weighted by Gasteiger charge is -2.45. The average molecular weight is 328 g/mol. The summed E-state index contributed by atoms with van der Waals surface area (Å²) in [5.74, 6) is 0. The van der Waals surface area contributed by atoms with Crippen LogP contribution in [-0.2, 0) is 0 Å². The first-order valence-electron chi connectivity index (χ1n) is 8.45. The summed E-state index contributed by atoms with van der Waals surface area (Å²) in [5, 5.41) is 0. The van der Waals surface area contributed by atoms with Gasteiger partial charge in [-0.2, -0.15) is 4.79 Å². The fraction of sp³-hybridized carbons (Fsp3) is 0.941. The van der Waals surface area contributed by atoms with Crippen LogP contribution in [0.4, 0.5) is 0 Å². The fourth-order valence-corrected chi connectivity index (χ4v) is 6.00. The van der Waals surface area contributed by atoms with Gasteiger partial charge in [-0.05, 0) is 76.2 Å². The first-order valence-corrected chi connectivity index (χ1v) is 9.70. The molecular formula is C17H37N4P.